The van der Waals surface area contributed by atoms with Gasteiger partial charge in [-0.1, -0.05) is 30.0 Å². The topological polar surface area (TPSA) is 29.1 Å². The number of hydrogen-bond acceptors (Lipinski definition) is 2. The maximum atomic E-state index is 10.5. The summed E-state index contributed by atoms with van der Waals surface area (Å²) in [5.41, 5.74) is 0. The Hall–Kier alpha value is -0.960. The quantitative estimate of drug-likeness (QED) is 0.721. The van der Waals surface area contributed by atoms with Crippen LogP contribution in [0.3, 0.4) is 0 Å². The molecule has 0 heterocycles. The van der Waals surface area contributed by atoms with E-state index >= 15 is 0 Å². The molecule has 0 unspecified atom stereocenters. The van der Waals surface area contributed by atoms with Gasteiger partial charge in [0.1, 0.15) is 5.88 Å². The average molecular weight is 180 g/mol. The zero-order valence-corrected chi connectivity index (χ0v) is 7.60. The molecule has 0 atom stereocenters. The van der Waals surface area contributed by atoms with E-state index in [2.05, 4.69) is 5.32 Å². The van der Waals surface area contributed by atoms with Crippen molar-refractivity contribution in [1.82, 2.24) is 5.32 Å². The van der Waals surface area contributed by atoms with Crippen LogP contribution in [0.4, 0.5) is 0 Å². The molecule has 0 aliphatic heterocycles. The van der Waals surface area contributed by atoms with Gasteiger partial charge in [0.15, 0.2) is 0 Å². The van der Waals surface area contributed by atoms with Gasteiger partial charge in [-0.05, 0) is 12.1 Å². The van der Waals surface area contributed by atoms with Crippen molar-refractivity contribution >= 4 is 17.7 Å². The average Bonchev–Trinajstić information content (AvgIpc) is 2.05. The SMILES string of the molecule is CC(=O)N[CH]Sc1ccccc1. The van der Waals surface area contributed by atoms with Gasteiger partial charge in [-0.3, -0.25) is 4.79 Å². The molecule has 0 aromatic heterocycles. The van der Waals surface area contributed by atoms with Gasteiger partial charge in [-0.2, -0.15) is 0 Å². The van der Waals surface area contributed by atoms with Crippen molar-refractivity contribution in [1.29, 1.82) is 0 Å². The third kappa shape index (κ3) is 3.44. The second-order valence-corrected chi connectivity index (χ2v) is 3.19. The molecule has 0 saturated heterocycles. The summed E-state index contributed by atoms with van der Waals surface area (Å²) in [7, 11) is 0. The molecule has 1 aromatic rings. The van der Waals surface area contributed by atoms with Gasteiger partial charge in [0.05, 0.1) is 0 Å². The minimum Gasteiger partial charge on any atom is -0.341 e. The lowest BCUT2D eigenvalue weighted by molar-refractivity contribution is -0.118. The first-order chi connectivity index (χ1) is 5.79. The standard InChI is InChI=1S/C9H10NOS/c1-8(11)10-7-12-9-5-3-2-4-6-9/h2-7H,1H3,(H,10,11). The number of rotatable bonds is 3. The number of hydrogen-bond donors (Lipinski definition) is 1. The molecular formula is C9H10NOS. The van der Waals surface area contributed by atoms with Crippen LogP contribution >= 0.6 is 11.8 Å². The summed E-state index contributed by atoms with van der Waals surface area (Å²) >= 11 is 1.49. The molecule has 0 bridgehead atoms. The molecule has 1 amide bonds. The lowest BCUT2D eigenvalue weighted by atomic mass is 10.4. The minimum absolute atomic E-state index is 0.0431. The second kappa shape index (κ2) is 4.83. The van der Waals surface area contributed by atoms with Crippen LogP contribution in [0.5, 0.6) is 0 Å². The van der Waals surface area contributed by atoms with Crippen LogP contribution in [-0.2, 0) is 4.79 Å². The summed E-state index contributed by atoms with van der Waals surface area (Å²) < 4.78 is 0. The summed E-state index contributed by atoms with van der Waals surface area (Å²) in [6.45, 7) is 1.49. The number of thioether (sulfide) groups is 1. The molecule has 2 nitrogen and oxygen atoms in total. The number of carbonyl (C=O) groups is 1. The largest absolute Gasteiger partial charge is 0.341 e. The molecule has 1 radical (unpaired) electrons. The van der Waals surface area contributed by atoms with Gasteiger partial charge in [0.25, 0.3) is 0 Å². The van der Waals surface area contributed by atoms with E-state index in [1.807, 2.05) is 30.3 Å². The third-order valence-corrected chi connectivity index (χ3v) is 1.98. The fourth-order valence-electron chi connectivity index (χ4n) is 0.680. The summed E-state index contributed by atoms with van der Waals surface area (Å²) in [5, 5.41) is 2.59. The molecule has 0 fully saturated rings. The van der Waals surface area contributed by atoms with Crippen LogP contribution in [0.25, 0.3) is 0 Å². The molecule has 3 heteroatoms. The van der Waals surface area contributed by atoms with Crippen LogP contribution in [0.1, 0.15) is 6.92 Å². The highest BCUT2D eigenvalue weighted by Crippen LogP contribution is 2.17. The van der Waals surface area contributed by atoms with E-state index in [0.29, 0.717) is 0 Å². The van der Waals surface area contributed by atoms with E-state index in [0.717, 1.165) is 4.90 Å². The summed E-state index contributed by atoms with van der Waals surface area (Å²) in [5.74, 6) is 1.64. The second-order valence-electron chi connectivity index (χ2n) is 2.25. The number of benzene rings is 1. The fraction of sp³-hybridized carbons (Fsp3) is 0.111. The van der Waals surface area contributed by atoms with Crippen molar-refractivity contribution in [2.45, 2.75) is 11.8 Å². The summed E-state index contributed by atoms with van der Waals surface area (Å²) in [6.07, 6.45) is 0. The first-order valence-corrected chi connectivity index (χ1v) is 4.47. The minimum atomic E-state index is -0.0431. The fourth-order valence-corrected chi connectivity index (χ4v) is 1.35. The first kappa shape index (κ1) is 9.13. The van der Waals surface area contributed by atoms with Crippen LogP contribution < -0.4 is 5.32 Å². The Balaban J connectivity index is 2.29. The van der Waals surface area contributed by atoms with Crippen LogP contribution in [-0.4, -0.2) is 5.91 Å². The summed E-state index contributed by atoms with van der Waals surface area (Å²) in [6, 6.07) is 9.86. The predicted octanol–water partition coefficient (Wildman–Crippen LogP) is 2.03. The highest BCUT2D eigenvalue weighted by molar-refractivity contribution is 8.01. The van der Waals surface area contributed by atoms with Crippen LogP contribution in [0.2, 0.25) is 0 Å². The Kier molecular flexibility index (Phi) is 3.67. The van der Waals surface area contributed by atoms with Gasteiger partial charge < -0.3 is 5.32 Å². The van der Waals surface area contributed by atoms with Crippen LogP contribution in [0.15, 0.2) is 35.2 Å². The summed E-state index contributed by atoms with van der Waals surface area (Å²) in [4.78, 5) is 11.6. The molecule has 0 spiro atoms. The van der Waals surface area contributed by atoms with Gasteiger partial charge in [-0.15, -0.1) is 0 Å². The maximum Gasteiger partial charge on any atom is 0.217 e. The van der Waals surface area contributed by atoms with Gasteiger partial charge in [0.2, 0.25) is 5.91 Å². The monoisotopic (exact) mass is 180 g/mol. The van der Waals surface area contributed by atoms with Gasteiger partial charge >= 0.3 is 0 Å². The molecular weight excluding hydrogens is 170 g/mol. The van der Waals surface area contributed by atoms with Crippen molar-refractivity contribution in [3.05, 3.63) is 36.2 Å². The molecule has 1 rings (SSSR count). The van der Waals surface area contributed by atoms with Gasteiger partial charge in [-0.25, -0.2) is 0 Å². The number of nitrogens with one attached hydrogen (secondary N) is 1. The first-order valence-electron chi connectivity index (χ1n) is 3.59. The van der Waals surface area contributed by atoms with Crippen molar-refractivity contribution in [2.24, 2.45) is 0 Å². The maximum absolute atomic E-state index is 10.5. The molecule has 12 heavy (non-hydrogen) atoms. The van der Waals surface area contributed by atoms with Crippen LogP contribution in [0, 0.1) is 5.88 Å². The number of carbonyl (C=O) groups excluding carboxylic acids is 1. The highest BCUT2D eigenvalue weighted by Gasteiger charge is 1.93. The molecule has 63 valence electrons. The van der Waals surface area contributed by atoms with E-state index in [4.69, 9.17) is 0 Å². The Labute approximate surface area is 76.4 Å². The zero-order chi connectivity index (χ0) is 8.81. The molecule has 0 aliphatic carbocycles. The van der Waals surface area contributed by atoms with Crippen molar-refractivity contribution in [2.75, 3.05) is 0 Å². The molecule has 0 saturated carbocycles. The lowest BCUT2D eigenvalue weighted by Gasteiger charge is -1.99. The molecule has 1 N–H and O–H groups in total. The Morgan fingerprint density at radius 2 is 2.08 bits per heavy atom. The Morgan fingerprint density at radius 3 is 2.67 bits per heavy atom. The zero-order valence-electron chi connectivity index (χ0n) is 6.78. The van der Waals surface area contributed by atoms with E-state index in [9.17, 15) is 4.79 Å². The molecule has 1 aromatic carbocycles. The lowest BCUT2D eigenvalue weighted by Crippen LogP contribution is -2.14. The van der Waals surface area contributed by atoms with E-state index in [-0.39, 0.29) is 5.91 Å². The van der Waals surface area contributed by atoms with Crippen molar-refractivity contribution in [3.63, 3.8) is 0 Å². The Morgan fingerprint density at radius 1 is 1.42 bits per heavy atom. The van der Waals surface area contributed by atoms with E-state index in [1.54, 1.807) is 5.88 Å². The van der Waals surface area contributed by atoms with Gasteiger partial charge in [0, 0.05) is 11.8 Å². The van der Waals surface area contributed by atoms with E-state index < -0.39 is 0 Å². The smallest absolute Gasteiger partial charge is 0.217 e. The normalized spacial score (nSPS) is 9.42. The number of amides is 1. The van der Waals surface area contributed by atoms with Crippen molar-refractivity contribution in [3.8, 4) is 0 Å². The molecule has 0 aliphatic rings. The third-order valence-electron chi connectivity index (χ3n) is 1.20. The highest BCUT2D eigenvalue weighted by atomic mass is 32.2. The van der Waals surface area contributed by atoms with E-state index in [1.165, 1.54) is 18.7 Å². The van der Waals surface area contributed by atoms with Crippen molar-refractivity contribution < 1.29 is 4.79 Å². The predicted molar refractivity (Wildman–Crippen MR) is 50.4 cm³/mol. The Bertz CT molecular complexity index is 248.